The van der Waals surface area contributed by atoms with E-state index >= 15 is 0 Å². The minimum Gasteiger partial charge on any atom is -0.341 e. The molecule has 1 saturated heterocycles. The minimum absolute atomic E-state index is 0.104. The van der Waals surface area contributed by atoms with Crippen molar-refractivity contribution in [3.63, 3.8) is 0 Å². The molecule has 0 aromatic rings. The molecule has 2 aliphatic rings. The number of amides is 1. The summed E-state index contributed by atoms with van der Waals surface area (Å²) in [4.78, 5) is 13.4. The van der Waals surface area contributed by atoms with Gasteiger partial charge in [-0.15, -0.1) is 0 Å². The van der Waals surface area contributed by atoms with Gasteiger partial charge in [-0.1, -0.05) is 0 Å². The first-order valence-corrected chi connectivity index (χ1v) is 6.48. The van der Waals surface area contributed by atoms with Gasteiger partial charge in [-0.05, 0) is 50.6 Å². The van der Waals surface area contributed by atoms with Crippen LogP contribution in [0.2, 0.25) is 0 Å². The zero-order valence-corrected chi connectivity index (χ0v) is 9.95. The van der Waals surface area contributed by atoms with Gasteiger partial charge in [0.2, 0.25) is 5.91 Å². The predicted molar refractivity (Wildman–Crippen MR) is 64.0 cm³/mol. The van der Waals surface area contributed by atoms with Gasteiger partial charge in [0.15, 0.2) is 0 Å². The van der Waals surface area contributed by atoms with E-state index in [1.807, 2.05) is 4.90 Å². The van der Waals surface area contributed by atoms with Crippen LogP contribution < -0.4 is 11.1 Å². The highest BCUT2D eigenvalue weighted by atomic mass is 16.2. The summed E-state index contributed by atoms with van der Waals surface area (Å²) in [6.07, 6.45) is 5.17. The van der Waals surface area contributed by atoms with Crippen LogP contribution in [0.1, 0.15) is 25.7 Å². The van der Waals surface area contributed by atoms with E-state index in [1.165, 1.54) is 25.8 Å². The van der Waals surface area contributed by atoms with Crippen molar-refractivity contribution in [2.75, 3.05) is 32.7 Å². The smallest absolute Gasteiger partial charge is 0.236 e. The van der Waals surface area contributed by atoms with Crippen molar-refractivity contribution in [2.24, 2.45) is 17.6 Å². The molecule has 1 amide bonds. The molecule has 1 saturated carbocycles. The molecule has 1 aliphatic carbocycles. The molecular formula is C12H23N3O. The van der Waals surface area contributed by atoms with Crippen LogP contribution >= 0.6 is 0 Å². The average molecular weight is 225 g/mol. The number of hydrogen-bond donors (Lipinski definition) is 2. The van der Waals surface area contributed by atoms with Crippen molar-refractivity contribution < 1.29 is 4.79 Å². The summed E-state index contributed by atoms with van der Waals surface area (Å²) in [7, 11) is 0. The van der Waals surface area contributed by atoms with Crippen LogP contribution in [-0.2, 0) is 4.79 Å². The van der Waals surface area contributed by atoms with Crippen molar-refractivity contribution in [1.29, 1.82) is 0 Å². The van der Waals surface area contributed by atoms with Crippen LogP contribution in [0.15, 0.2) is 0 Å². The van der Waals surface area contributed by atoms with Crippen LogP contribution in [0, 0.1) is 11.8 Å². The Morgan fingerprint density at radius 2 is 2.00 bits per heavy atom. The number of nitrogens with zero attached hydrogens (tertiary/aromatic N) is 1. The normalized spacial score (nSPS) is 25.8. The molecule has 0 aromatic carbocycles. The van der Waals surface area contributed by atoms with Crippen molar-refractivity contribution in [3.8, 4) is 0 Å². The second-order valence-corrected chi connectivity index (χ2v) is 5.15. The Hall–Kier alpha value is -0.610. The standard InChI is InChI=1S/C12H23N3O/c13-6-12(16)15-5-1-2-11(9-15)8-14-7-10-3-4-10/h10-11,14H,1-9,13H2. The molecule has 3 N–H and O–H groups in total. The summed E-state index contributed by atoms with van der Waals surface area (Å²) in [5, 5.41) is 3.53. The lowest BCUT2D eigenvalue weighted by Gasteiger charge is -2.32. The lowest BCUT2D eigenvalue weighted by molar-refractivity contribution is -0.131. The first-order valence-electron chi connectivity index (χ1n) is 6.48. The van der Waals surface area contributed by atoms with E-state index < -0.39 is 0 Å². The average Bonchev–Trinajstić information content (AvgIpc) is 3.12. The Balaban J connectivity index is 1.66. The third-order valence-electron chi connectivity index (χ3n) is 3.61. The number of carbonyl (C=O) groups excluding carboxylic acids is 1. The summed E-state index contributed by atoms with van der Waals surface area (Å²) < 4.78 is 0. The van der Waals surface area contributed by atoms with Crippen LogP contribution in [-0.4, -0.2) is 43.5 Å². The molecule has 92 valence electrons. The van der Waals surface area contributed by atoms with Gasteiger partial charge in [0.05, 0.1) is 6.54 Å². The van der Waals surface area contributed by atoms with Crippen LogP contribution in [0.25, 0.3) is 0 Å². The minimum atomic E-state index is 0.104. The molecule has 4 heteroatoms. The Bertz CT molecular complexity index is 240. The van der Waals surface area contributed by atoms with Crippen molar-refractivity contribution in [3.05, 3.63) is 0 Å². The maximum atomic E-state index is 11.5. The van der Waals surface area contributed by atoms with Gasteiger partial charge < -0.3 is 16.0 Å². The van der Waals surface area contributed by atoms with E-state index in [0.29, 0.717) is 5.92 Å². The number of nitrogens with one attached hydrogen (secondary N) is 1. The second kappa shape index (κ2) is 5.64. The molecule has 0 bridgehead atoms. The molecule has 0 aromatic heterocycles. The van der Waals surface area contributed by atoms with Gasteiger partial charge in [-0.2, -0.15) is 0 Å². The molecule has 1 unspecified atom stereocenters. The van der Waals surface area contributed by atoms with Crippen LogP contribution in [0.5, 0.6) is 0 Å². The van der Waals surface area contributed by atoms with Gasteiger partial charge in [0.1, 0.15) is 0 Å². The van der Waals surface area contributed by atoms with Gasteiger partial charge in [-0.3, -0.25) is 4.79 Å². The number of rotatable bonds is 5. The maximum absolute atomic E-state index is 11.5. The zero-order valence-electron chi connectivity index (χ0n) is 9.95. The van der Waals surface area contributed by atoms with Crippen LogP contribution in [0.3, 0.4) is 0 Å². The van der Waals surface area contributed by atoms with E-state index in [2.05, 4.69) is 5.32 Å². The Labute approximate surface area is 97.6 Å². The summed E-state index contributed by atoms with van der Waals surface area (Å²) in [5.41, 5.74) is 5.39. The van der Waals surface area contributed by atoms with Crippen LogP contribution in [0.4, 0.5) is 0 Å². The highest BCUT2D eigenvalue weighted by Crippen LogP contribution is 2.27. The highest BCUT2D eigenvalue weighted by molar-refractivity contribution is 5.78. The molecule has 1 heterocycles. The SMILES string of the molecule is NCC(=O)N1CCCC(CNCC2CC2)C1. The molecule has 2 rings (SSSR count). The molecule has 0 radical (unpaired) electrons. The molecule has 4 nitrogen and oxygen atoms in total. The summed E-state index contributed by atoms with van der Waals surface area (Å²) in [6, 6.07) is 0. The van der Waals surface area contributed by atoms with Gasteiger partial charge >= 0.3 is 0 Å². The second-order valence-electron chi connectivity index (χ2n) is 5.15. The molecular weight excluding hydrogens is 202 g/mol. The molecule has 1 aliphatic heterocycles. The summed E-state index contributed by atoms with van der Waals surface area (Å²) in [5.74, 6) is 1.67. The number of likely N-dealkylation sites (tertiary alicyclic amines) is 1. The first kappa shape index (κ1) is 11.9. The highest BCUT2D eigenvalue weighted by Gasteiger charge is 2.24. The number of hydrogen-bond acceptors (Lipinski definition) is 3. The van der Waals surface area contributed by atoms with E-state index in [4.69, 9.17) is 5.73 Å². The van der Waals surface area contributed by atoms with Crippen molar-refractivity contribution in [2.45, 2.75) is 25.7 Å². The lowest BCUT2D eigenvalue weighted by Crippen LogP contribution is -2.45. The molecule has 16 heavy (non-hydrogen) atoms. The van der Waals surface area contributed by atoms with E-state index in [1.54, 1.807) is 0 Å². The first-order chi connectivity index (χ1) is 7.79. The monoisotopic (exact) mass is 225 g/mol. The Kier molecular flexibility index (Phi) is 4.18. The summed E-state index contributed by atoms with van der Waals surface area (Å²) >= 11 is 0. The number of piperidine rings is 1. The van der Waals surface area contributed by atoms with Crippen molar-refractivity contribution >= 4 is 5.91 Å². The lowest BCUT2D eigenvalue weighted by atomic mass is 9.98. The predicted octanol–water partition coefficient (Wildman–Crippen LogP) is 0.183. The summed E-state index contributed by atoms with van der Waals surface area (Å²) in [6.45, 7) is 4.18. The molecule has 2 fully saturated rings. The Morgan fingerprint density at radius 1 is 1.25 bits per heavy atom. The molecule has 0 spiro atoms. The fourth-order valence-corrected chi connectivity index (χ4v) is 2.40. The maximum Gasteiger partial charge on any atom is 0.236 e. The number of carbonyl (C=O) groups is 1. The van der Waals surface area contributed by atoms with Crippen molar-refractivity contribution in [1.82, 2.24) is 10.2 Å². The Morgan fingerprint density at radius 3 is 2.69 bits per heavy atom. The third kappa shape index (κ3) is 3.46. The number of nitrogens with two attached hydrogens (primary N) is 1. The largest absolute Gasteiger partial charge is 0.341 e. The third-order valence-corrected chi connectivity index (χ3v) is 3.61. The van der Waals surface area contributed by atoms with E-state index in [0.717, 1.165) is 32.0 Å². The quantitative estimate of drug-likeness (QED) is 0.702. The topological polar surface area (TPSA) is 58.4 Å². The molecule has 1 atom stereocenters. The van der Waals surface area contributed by atoms with Gasteiger partial charge in [0, 0.05) is 13.1 Å². The fraction of sp³-hybridized carbons (Fsp3) is 0.917. The van der Waals surface area contributed by atoms with E-state index in [-0.39, 0.29) is 12.5 Å². The van der Waals surface area contributed by atoms with Gasteiger partial charge in [0.25, 0.3) is 0 Å². The zero-order chi connectivity index (χ0) is 11.4. The van der Waals surface area contributed by atoms with Gasteiger partial charge in [-0.25, -0.2) is 0 Å². The fourth-order valence-electron chi connectivity index (χ4n) is 2.40. The van der Waals surface area contributed by atoms with E-state index in [9.17, 15) is 4.79 Å².